The zero-order valence-corrected chi connectivity index (χ0v) is 13.3. The van der Waals surface area contributed by atoms with Crippen LogP contribution in [0.5, 0.6) is 0 Å². The minimum Gasteiger partial charge on any atom is -0.384 e. The maximum atomic E-state index is 12.1. The Labute approximate surface area is 122 Å². The van der Waals surface area contributed by atoms with Crippen molar-refractivity contribution in [2.75, 3.05) is 13.7 Å². The first-order valence-corrected chi connectivity index (χ1v) is 7.90. The summed E-state index contributed by atoms with van der Waals surface area (Å²) < 4.78 is 11.1. The Bertz CT molecular complexity index is 345. The minimum atomic E-state index is -0.132. The summed E-state index contributed by atoms with van der Waals surface area (Å²) in [7, 11) is 1.63. The van der Waals surface area contributed by atoms with Gasteiger partial charge in [-0.05, 0) is 39.0 Å². The van der Waals surface area contributed by atoms with Crippen LogP contribution >= 0.6 is 0 Å². The highest BCUT2D eigenvalue weighted by Gasteiger charge is 2.48. The van der Waals surface area contributed by atoms with E-state index >= 15 is 0 Å². The first kappa shape index (κ1) is 15.8. The van der Waals surface area contributed by atoms with E-state index in [1.165, 1.54) is 6.42 Å². The normalized spacial score (nSPS) is 41.0. The van der Waals surface area contributed by atoms with Gasteiger partial charge in [0.05, 0.1) is 18.8 Å². The van der Waals surface area contributed by atoms with Crippen LogP contribution in [0.15, 0.2) is 0 Å². The molecule has 0 aromatic carbocycles. The van der Waals surface area contributed by atoms with Crippen LogP contribution in [-0.4, -0.2) is 37.4 Å². The van der Waals surface area contributed by atoms with Gasteiger partial charge in [-0.2, -0.15) is 0 Å². The Hall–Kier alpha value is -0.610. The molecule has 1 aliphatic carbocycles. The average molecular weight is 283 g/mol. The Kier molecular flexibility index (Phi) is 5.08. The molecule has 4 nitrogen and oxygen atoms in total. The van der Waals surface area contributed by atoms with E-state index in [2.05, 4.69) is 26.1 Å². The molecule has 0 spiro atoms. The van der Waals surface area contributed by atoms with Gasteiger partial charge in [0.15, 0.2) is 0 Å². The van der Waals surface area contributed by atoms with Crippen molar-refractivity contribution < 1.29 is 14.3 Å². The van der Waals surface area contributed by atoms with Gasteiger partial charge in [0.25, 0.3) is 0 Å². The molecule has 0 bridgehead atoms. The number of carbonyl (C=O) groups excluding carboxylic acids is 1. The molecular formula is C16H29NO3. The molecule has 2 rings (SSSR count). The van der Waals surface area contributed by atoms with Gasteiger partial charge >= 0.3 is 0 Å². The maximum Gasteiger partial charge on any atom is 0.222 e. The molecule has 0 unspecified atom stereocenters. The average Bonchev–Trinajstić information content (AvgIpc) is 2.34. The fourth-order valence-electron chi connectivity index (χ4n) is 4.02. The van der Waals surface area contributed by atoms with E-state index in [0.29, 0.717) is 25.0 Å². The molecule has 0 aromatic heterocycles. The number of ether oxygens (including phenoxy) is 2. The van der Waals surface area contributed by atoms with Gasteiger partial charge in [-0.15, -0.1) is 0 Å². The quantitative estimate of drug-likeness (QED) is 0.862. The summed E-state index contributed by atoms with van der Waals surface area (Å²) in [4.78, 5) is 12.1. The van der Waals surface area contributed by atoms with Crippen LogP contribution in [0.4, 0.5) is 0 Å². The third-order valence-electron chi connectivity index (χ3n) is 4.95. The molecule has 1 saturated heterocycles. The monoisotopic (exact) mass is 283 g/mol. The van der Waals surface area contributed by atoms with Gasteiger partial charge in [0, 0.05) is 25.0 Å². The Morgan fingerprint density at radius 2 is 2.15 bits per heavy atom. The molecule has 2 aliphatic rings. The number of hydrogen-bond donors (Lipinski definition) is 1. The summed E-state index contributed by atoms with van der Waals surface area (Å²) in [6.07, 6.45) is 5.38. The molecule has 20 heavy (non-hydrogen) atoms. The van der Waals surface area contributed by atoms with Crippen LogP contribution in [-0.2, 0) is 14.3 Å². The SMILES string of the molecule is COCCC(=O)N[C@@]1(C)C[C@H](C)O[C@@H]2C[C@H](C)CC[C@H]21. The third-order valence-corrected chi connectivity index (χ3v) is 4.95. The summed E-state index contributed by atoms with van der Waals surface area (Å²) in [5.74, 6) is 1.28. The van der Waals surface area contributed by atoms with E-state index in [1.807, 2.05) is 0 Å². The van der Waals surface area contributed by atoms with Gasteiger partial charge in [0.1, 0.15) is 0 Å². The summed E-state index contributed by atoms with van der Waals surface area (Å²) in [5, 5.41) is 3.28. The first-order chi connectivity index (χ1) is 9.44. The second kappa shape index (κ2) is 6.44. The Balaban J connectivity index is 2.04. The van der Waals surface area contributed by atoms with E-state index in [4.69, 9.17) is 9.47 Å². The van der Waals surface area contributed by atoms with Crippen LogP contribution < -0.4 is 5.32 Å². The number of amides is 1. The van der Waals surface area contributed by atoms with Crippen LogP contribution in [0.1, 0.15) is 52.9 Å². The van der Waals surface area contributed by atoms with Gasteiger partial charge in [0.2, 0.25) is 5.91 Å². The van der Waals surface area contributed by atoms with Crippen LogP contribution in [0.3, 0.4) is 0 Å². The summed E-state index contributed by atoms with van der Waals surface area (Å²) >= 11 is 0. The molecule has 0 aromatic rings. The highest BCUT2D eigenvalue weighted by Crippen LogP contribution is 2.43. The molecule has 1 amide bonds. The maximum absolute atomic E-state index is 12.1. The van der Waals surface area contributed by atoms with Crippen molar-refractivity contribution in [3.05, 3.63) is 0 Å². The van der Waals surface area contributed by atoms with Crippen molar-refractivity contribution in [2.24, 2.45) is 11.8 Å². The van der Waals surface area contributed by atoms with Crippen LogP contribution in [0.2, 0.25) is 0 Å². The number of methoxy groups -OCH3 is 1. The second-order valence-electron chi connectivity index (χ2n) is 6.92. The molecule has 1 aliphatic heterocycles. The zero-order chi connectivity index (χ0) is 14.8. The standard InChI is InChI=1S/C16H29NO3/c1-11-5-6-13-14(9-11)20-12(2)10-16(13,3)17-15(18)7-8-19-4/h11-14H,5-10H2,1-4H3,(H,17,18)/t11-,12+,13-,14-,16+/m1/s1. The van der Waals surface area contributed by atoms with E-state index in [1.54, 1.807) is 7.11 Å². The molecule has 2 fully saturated rings. The van der Waals surface area contributed by atoms with Crippen molar-refractivity contribution in [2.45, 2.75) is 70.6 Å². The van der Waals surface area contributed by atoms with Crippen molar-refractivity contribution in [3.63, 3.8) is 0 Å². The second-order valence-corrected chi connectivity index (χ2v) is 6.92. The highest BCUT2D eigenvalue weighted by molar-refractivity contribution is 5.76. The lowest BCUT2D eigenvalue weighted by molar-refractivity contribution is -0.148. The Morgan fingerprint density at radius 1 is 1.40 bits per heavy atom. The molecule has 1 saturated carbocycles. The van der Waals surface area contributed by atoms with Gasteiger partial charge in [-0.1, -0.05) is 13.3 Å². The van der Waals surface area contributed by atoms with Gasteiger partial charge < -0.3 is 14.8 Å². The predicted molar refractivity (Wildman–Crippen MR) is 78.5 cm³/mol. The zero-order valence-electron chi connectivity index (χ0n) is 13.3. The molecular weight excluding hydrogens is 254 g/mol. The van der Waals surface area contributed by atoms with E-state index < -0.39 is 0 Å². The molecule has 0 radical (unpaired) electrons. The first-order valence-electron chi connectivity index (χ1n) is 7.90. The third kappa shape index (κ3) is 3.53. The number of fused-ring (bicyclic) bond motifs is 1. The highest BCUT2D eigenvalue weighted by atomic mass is 16.5. The Morgan fingerprint density at radius 3 is 2.85 bits per heavy atom. The number of rotatable bonds is 4. The minimum absolute atomic E-state index is 0.0980. The fraction of sp³-hybridized carbons (Fsp3) is 0.938. The summed E-state index contributed by atoms with van der Waals surface area (Å²) in [6.45, 7) is 7.10. The van der Waals surface area contributed by atoms with E-state index in [-0.39, 0.29) is 17.6 Å². The van der Waals surface area contributed by atoms with Crippen LogP contribution in [0.25, 0.3) is 0 Å². The summed E-state index contributed by atoms with van der Waals surface area (Å²) in [6, 6.07) is 0. The molecule has 116 valence electrons. The van der Waals surface area contributed by atoms with Crippen LogP contribution in [0, 0.1) is 11.8 Å². The number of carbonyl (C=O) groups is 1. The predicted octanol–water partition coefficient (Wildman–Crippen LogP) is 2.51. The van der Waals surface area contributed by atoms with Gasteiger partial charge in [-0.25, -0.2) is 0 Å². The lowest BCUT2D eigenvalue weighted by Gasteiger charge is -2.51. The summed E-state index contributed by atoms with van der Waals surface area (Å²) in [5.41, 5.74) is -0.132. The van der Waals surface area contributed by atoms with Crippen molar-refractivity contribution >= 4 is 5.91 Å². The lowest BCUT2D eigenvalue weighted by atomic mass is 9.67. The largest absolute Gasteiger partial charge is 0.384 e. The van der Waals surface area contributed by atoms with Crippen molar-refractivity contribution in [1.29, 1.82) is 0 Å². The van der Waals surface area contributed by atoms with Crippen molar-refractivity contribution in [3.8, 4) is 0 Å². The van der Waals surface area contributed by atoms with E-state index in [9.17, 15) is 4.79 Å². The molecule has 1 N–H and O–H groups in total. The van der Waals surface area contributed by atoms with Gasteiger partial charge in [-0.3, -0.25) is 4.79 Å². The lowest BCUT2D eigenvalue weighted by Crippen LogP contribution is -2.61. The molecule has 4 heteroatoms. The number of nitrogens with one attached hydrogen (secondary N) is 1. The molecule has 5 atom stereocenters. The van der Waals surface area contributed by atoms with Crippen molar-refractivity contribution in [1.82, 2.24) is 5.32 Å². The van der Waals surface area contributed by atoms with E-state index in [0.717, 1.165) is 25.2 Å². The number of hydrogen-bond acceptors (Lipinski definition) is 3. The smallest absolute Gasteiger partial charge is 0.222 e. The topological polar surface area (TPSA) is 47.6 Å². The molecule has 1 heterocycles. The fourth-order valence-corrected chi connectivity index (χ4v) is 4.02.